The number of ketones is 1. The van der Waals surface area contributed by atoms with Crippen LogP contribution in [0.25, 0.3) is 0 Å². The van der Waals surface area contributed by atoms with Gasteiger partial charge in [0.1, 0.15) is 5.78 Å². The Hall–Kier alpha value is -1.15. The van der Waals surface area contributed by atoms with Crippen LogP contribution >= 0.6 is 0 Å². The summed E-state index contributed by atoms with van der Waals surface area (Å²) in [6.45, 7) is 2.07. The van der Waals surface area contributed by atoms with Crippen molar-refractivity contribution < 1.29 is 9.90 Å². The highest BCUT2D eigenvalue weighted by Gasteiger charge is 2.52. The first-order valence-corrected chi connectivity index (χ1v) is 7.88. The molecule has 2 heteroatoms. The molecule has 1 aromatic carbocycles. The Balaban J connectivity index is 1.94. The van der Waals surface area contributed by atoms with Crippen LogP contribution in [0.15, 0.2) is 30.3 Å². The van der Waals surface area contributed by atoms with Crippen LogP contribution in [0.2, 0.25) is 0 Å². The minimum absolute atomic E-state index is 0.0765. The van der Waals surface area contributed by atoms with Crippen LogP contribution in [-0.2, 0) is 11.2 Å². The molecular weight excluding hydrogens is 248 g/mol. The second kappa shape index (κ2) is 5.33. The molecule has 0 radical (unpaired) electrons. The van der Waals surface area contributed by atoms with E-state index in [0.29, 0.717) is 18.1 Å². The molecule has 2 fully saturated rings. The van der Waals surface area contributed by atoms with E-state index in [0.717, 1.165) is 32.1 Å². The molecule has 0 unspecified atom stereocenters. The van der Waals surface area contributed by atoms with E-state index in [1.54, 1.807) is 0 Å². The van der Waals surface area contributed by atoms with E-state index in [1.165, 1.54) is 5.56 Å². The van der Waals surface area contributed by atoms with Gasteiger partial charge in [-0.15, -0.1) is 0 Å². The molecule has 0 bridgehead atoms. The van der Waals surface area contributed by atoms with Gasteiger partial charge in [-0.1, -0.05) is 43.7 Å². The maximum absolute atomic E-state index is 12.1. The second-order valence-corrected chi connectivity index (χ2v) is 6.70. The molecule has 0 amide bonds. The van der Waals surface area contributed by atoms with Crippen LogP contribution in [0.1, 0.15) is 44.6 Å². The Labute approximate surface area is 121 Å². The van der Waals surface area contributed by atoms with Crippen LogP contribution in [0, 0.1) is 17.3 Å². The van der Waals surface area contributed by atoms with E-state index in [4.69, 9.17) is 0 Å². The minimum atomic E-state index is -0.253. The summed E-state index contributed by atoms with van der Waals surface area (Å²) in [7, 11) is 0. The largest absolute Gasteiger partial charge is 0.393 e. The molecule has 2 aliphatic rings. The lowest BCUT2D eigenvalue weighted by Gasteiger charge is -2.52. The third-order valence-corrected chi connectivity index (χ3v) is 5.72. The van der Waals surface area contributed by atoms with Gasteiger partial charge in [0.25, 0.3) is 0 Å². The Morgan fingerprint density at radius 2 is 2.00 bits per heavy atom. The first-order chi connectivity index (χ1) is 9.63. The number of hydrogen-bond donors (Lipinski definition) is 1. The van der Waals surface area contributed by atoms with Crippen molar-refractivity contribution in [3.05, 3.63) is 35.9 Å². The molecule has 2 saturated carbocycles. The number of carbonyl (C=O) groups excluding carboxylic acids is 1. The summed E-state index contributed by atoms with van der Waals surface area (Å²) in [5.74, 6) is 0.864. The molecule has 0 heterocycles. The molecule has 0 aromatic heterocycles. The molecule has 0 saturated heterocycles. The van der Waals surface area contributed by atoms with Gasteiger partial charge in [0.15, 0.2) is 0 Å². The van der Waals surface area contributed by atoms with E-state index < -0.39 is 0 Å². The van der Waals surface area contributed by atoms with Crippen LogP contribution in [0.5, 0.6) is 0 Å². The number of rotatable bonds is 2. The molecule has 0 aliphatic heterocycles. The summed E-state index contributed by atoms with van der Waals surface area (Å²) in [4.78, 5) is 12.1. The first-order valence-electron chi connectivity index (χ1n) is 7.88. The van der Waals surface area contributed by atoms with Crippen molar-refractivity contribution in [2.75, 3.05) is 0 Å². The summed E-state index contributed by atoms with van der Waals surface area (Å²) in [6.07, 6.45) is 5.20. The highest BCUT2D eigenvalue weighted by Crippen LogP contribution is 2.53. The zero-order chi connectivity index (χ0) is 14.2. The topological polar surface area (TPSA) is 37.3 Å². The number of benzene rings is 1. The van der Waals surface area contributed by atoms with E-state index in [9.17, 15) is 9.90 Å². The minimum Gasteiger partial charge on any atom is -0.393 e. The Kier molecular flexibility index (Phi) is 3.68. The average molecular weight is 272 g/mol. The molecular formula is C18H24O2. The lowest BCUT2D eigenvalue weighted by Crippen LogP contribution is -2.53. The van der Waals surface area contributed by atoms with Crippen molar-refractivity contribution >= 4 is 5.78 Å². The van der Waals surface area contributed by atoms with Crippen molar-refractivity contribution in [2.24, 2.45) is 17.3 Å². The second-order valence-electron chi connectivity index (χ2n) is 6.70. The first kappa shape index (κ1) is 13.8. The van der Waals surface area contributed by atoms with Gasteiger partial charge in [-0.05, 0) is 37.2 Å². The monoisotopic (exact) mass is 272 g/mol. The molecule has 0 spiro atoms. The number of aliphatic hydroxyl groups excluding tert-OH is 1. The third-order valence-electron chi connectivity index (χ3n) is 5.72. The van der Waals surface area contributed by atoms with Crippen molar-refractivity contribution in [3.8, 4) is 0 Å². The fourth-order valence-electron chi connectivity index (χ4n) is 4.57. The number of aliphatic hydroxyl groups is 1. The zero-order valence-electron chi connectivity index (χ0n) is 12.2. The molecule has 1 N–H and O–H groups in total. The van der Waals surface area contributed by atoms with Gasteiger partial charge in [-0.25, -0.2) is 0 Å². The van der Waals surface area contributed by atoms with Crippen molar-refractivity contribution in [3.63, 3.8) is 0 Å². The number of carbonyl (C=O) groups is 1. The van der Waals surface area contributed by atoms with Crippen molar-refractivity contribution in [1.29, 1.82) is 0 Å². The predicted molar refractivity (Wildman–Crippen MR) is 79.3 cm³/mol. The SMILES string of the molecule is C[C@@H]1C(=O)CC[C@]2(Cc3ccccc3)[C@@H](O)CCC[C@@H]12. The van der Waals surface area contributed by atoms with E-state index in [-0.39, 0.29) is 17.4 Å². The summed E-state index contributed by atoms with van der Waals surface area (Å²) in [5.41, 5.74) is 1.22. The Bertz CT molecular complexity index is 481. The number of fused-ring (bicyclic) bond motifs is 1. The molecule has 108 valence electrons. The van der Waals surface area contributed by atoms with Gasteiger partial charge in [-0.2, -0.15) is 0 Å². The standard InChI is InChI=1S/C18H24O2/c1-13-15-8-5-9-17(20)18(15,11-10-16(13)19)12-14-6-3-2-4-7-14/h2-4,6-7,13,15,17,20H,5,8-12H2,1H3/t13-,15-,17-,18+/m0/s1. The quantitative estimate of drug-likeness (QED) is 0.896. The summed E-state index contributed by atoms with van der Waals surface area (Å²) >= 11 is 0. The van der Waals surface area contributed by atoms with E-state index >= 15 is 0 Å². The lowest BCUT2D eigenvalue weighted by atomic mass is 9.53. The van der Waals surface area contributed by atoms with Crippen LogP contribution in [0.4, 0.5) is 0 Å². The van der Waals surface area contributed by atoms with Gasteiger partial charge in [0, 0.05) is 17.8 Å². The van der Waals surface area contributed by atoms with Crippen LogP contribution in [0.3, 0.4) is 0 Å². The summed E-state index contributed by atoms with van der Waals surface area (Å²) in [5, 5.41) is 10.7. The van der Waals surface area contributed by atoms with Crippen LogP contribution < -0.4 is 0 Å². The van der Waals surface area contributed by atoms with Crippen molar-refractivity contribution in [1.82, 2.24) is 0 Å². The smallest absolute Gasteiger partial charge is 0.136 e. The highest BCUT2D eigenvalue weighted by molar-refractivity contribution is 5.82. The summed E-state index contributed by atoms with van der Waals surface area (Å²) < 4.78 is 0. The molecule has 1 aromatic rings. The van der Waals surface area contributed by atoms with Gasteiger partial charge >= 0.3 is 0 Å². The van der Waals surface area contributed by atoms with Gasteiger partial charge in [0.05, 0.1) is 6.10 Å². The zero-order valence-corrected chi connectivity index (χ0v) is 12.2. The molecule has 4 atom stereocenters. The van der Waals surface area contributed by atoms with E-state index in [1.807, 2.05) is 6.07 Å². The maximum Gasteiger partial charge on any atom is 0.136 e. The van der Waals surface area contributed by atoms with Gasteiger partial charge in [-0.3, -0.25) is 4.79 Å². The normalized spacial score (nSPS) is 37.5. The molecule has 2 nitrogen and oxygen atoms in total. The lowest BCUT2D eigenvalue weighted by molar-refractivity contribution is -0.143. The van der Waals surface area contributed by atoms with Gasteiger partial charge in [0.2, 0.25) is 0 Å². The average Bonchev–Trinajstić information content (AvgIpc) is 2.46. The van der Waals surface area contributed by atoms with E-state index in [2.05, 4.69) is 31.2 Å². The van der Waals surface area contributed by atoms with Crippen molar-refractivity contribution in [2.45, 2.75) is 51.6 Å². The maximum atomic E-state index is 12.1. The summed E-state index contributed by atoms with van der Waals surface area (Å²) in [6, 6.07) is 10.5. The van der Waals surface area contributed by atoms with Crippen LogP contribution in [-0.4, -0.2) is 17.0 Å². The fourth-order valence-corrected chi connectivity index (χ4v) is 4.57. The van der Waals surface area contributed by atoms with Gasteiger partial charge < -0.3 is 5.11 Å². The number of hydrogen-bond acceptors (Lipinski definition) is 2. The molecule has 3 rings (SSSR count). The molecule has 20 heavy (non-hydrogen) atoms. The fraction of sp³-hybridized carbons (Fsp3) is 0.611. The predicted octanol–water partition coefficient (Wildman–Crippen LogP) is 3.38. The number of Topliss-reactive ketones (excluding diaryl/α,β-unsaturated/α-hetero) is 1. The molecule has 2 aliphatic carbocycles. The Morgan fingerprint density at radius 1 is 1.25 bits per heavy atom. The third kappa shape index (κ3) is 2.20. The highest BCUT2D eigenvalue weighted by atomic mass is 16.3. The Morgan fingerprint density at radius 3 is 2.75 bits per heavy atom.